The van der Waals surface area contributed by atoms with Gasteiger partial charge in [-0.2, -0.15) is 0 Å². The van der Waals surface area contributed by atoms with Gasteiger partial charge in [0.05, 0.1) is 0 Å². The minimum atomic E-state index is 0.967. The topological polar surface area (TPSA) is 0 Å². The Morgan fingerprint density at radius 3 is 1.27 bits per heavy atom. The van der Waals surface area contributed by atoms with Crippen LogP contribution in [0.15, 0.2) is 194 Å². The third kappa shape index (κ3) is 4.76. The van der Waals surface area contributed by atoms with Crippen molar-refractivity contribution in [2.75, 3.05) is 0 Å². The lowest BCUT2D eigenvalue weighted by atomic mass is 9.79. The molecule has 0 saturated carbocycles. The second-order valence-electron chi connectivity index (χ2n) is 13.5. The lowest BCUT2D eigenvalue weighted by Crippen LogP contribution is -1.97. The standard InChI is InChI=1S/C51H34/c1-3-17-34(18-4-1)38-23-9-10-25-41(38)49-43-26-11-13-28-45(43)51(46-29-14-12-27-44(46)49)50-39(35-19-5-2-6-20-35)30-16-32-47(50)42-31-15-22-37-33-36-21-7-8-24-40(36)48(37)42/h1-32H,33H2. The molecule has 0 heteroatoms. The first-order valence-electron chi connectivity index (χ1n) is 17.8. The normalized spacial score (nSPS) is 11.8. The van der Waals surface area contributed by atoms with Crippen molar-refractivity contribution in [2.45, 2.75) is 6.42 Å². The molecule has 9 aromatic carbocycles. The van der Waals surface area contributed by atoms with Gasteiger partial charge in [-0.25, -0.2) is 0 Å². The lowest BCUT2D eigenvalue weighted by molar-refractivity contribution is 1.26. The Morgan fingerprint density at radius 1 is 0.216 bits per heavy atom. The van der Waals surface area contributed by atoms with Gasteiger partial charge >= 0.3 is 0 Å². The second kappa shape index (κ2) is 12.1. The van der Waals surface area contributed by atoms with Crippen LogP contribution in [0.4, 0.5) is 0 Å². The largest absolute Gasteiger partial charge is 0.0622 e. The van der Waals surface area contributed by atoms with E-state index in [1.807, 2.05) is 0 Å². The quantitative estimate of drug-likeness (QED) is 0.163. The van der Waals surface area contributed by atoms with Gasteiger partial charge in [-0.1, -0.05) is 194 Å². The van der Waals surface area contributed by atoms with Crippen LogP contribution in [0.2, 0.25) is 0 Å². The maximum atomic E-state index is 2.35. The smallest absolute Gasteiger partial charge is 0.00132 e. The maximum absolute atomic E-state index is 2.35. The molecule has 0 saturated heterocycles. The first kappa shape index (κ1) is 29.4. The van der Waals surface area contributed by atoms with Crippen molar-refractivity contribution < 1.29 is 0 Å². The maximum Gasteiger partial charge on any atom is -0.00132 e. The zero-order valence-electron chi connectivity index (χ0n) is 28.2. The summed E-state index contributed by atoms with van der Waals surface area (Å²) in [5.74, 6) is 0. The van der Waals surface area contributed by atoms with Gasteiger partial charge in [0.25, 0.3) is 0 Å². The van der Waals surface area contributed by atoms with Crippen molar-refractivity contribution in [1.82, 2.24) is 0 Å². The zero-order valence-corrected chi connectivity index (χ0v) is 28.2. The predicted octanol–water partition coefficient (Wildman–Crippen LogP) is 13.9. The minimum absolute atomic E-state index is 0.967. The molecule has 0 aromatic heterocycles. The van der Waals surface area contributed by atoms with Crippen LogP contribution in [-0.2, 0) is 6.42 Å². The highest BCUT2D eigenvalue weighted by Gasteiger charge is 2.26. The molecule has 0 fully saturated rings. The summed E-state index contributed by atoms with van der Waals surface area (Å²) in [7, 11) is 0. The van der Waals surface area contributed by atoms with Gasteiger partial charge in [-0.05, 0) is 106 Å². The molecule has 238 valence electrons. The van der Waals surface area contributed by atoms with E-state index in [4.69, 9.17) is 0 Å². The molecular weight excluding hydrogens is 613 g/mol. The Kier molecular flexibility index (Phi) is 6.99. The Balaban J connectivity index is 1.35. The summed E-state index contributed by atoms with van der Waals surface area (Å²) in [6, 6.07) is 71.5. The number of hydrogen-bond donors (Lipinski definition) is 0. The number of fused-ring (bicyclic) bond motifs is 5. The summed E-state index contributed by atoms with van der Waals surface area (Å²) in [5.41, 5.74) is 18.1. The summed E-state index contributed by atoms with van der Waals surface area (Å²) in [6.07, 6.45) is 0.967. The fraction of sp³-hybridized carbons (Fsp3) is 0.0196. The third-order valence-electron chi connectivity index (χ3n) is 10.7. The molecule has 1 aliphatic carbocycles. The van der Waals surface area contributed by atoms with Gasteiger partial charge in [0.2, 0.25) is 0 Å². The molecule has 0 heterocycles. The van der Waals surface area contributed by atoms with Crippen molar-refractivity contribution in [1.29, 1.82) is 0 Å². The van der Waals surface area contributed by atoms with Crippen molar-refractivity contribution in [3.63, 3.8) is 0 Å². The van der Waals surface area contributed by atoms with Crippen molar-refractivity contribution in [3.05, 3.63) is 205 Å². The number of rotatable bonds is 5. The molecule has 0 radical (unpaired) electrons. The summed E-state index contributed by atoms with van der Waals surface area (Å²) >= 11 is 0. The Labute approximate surface area is 298 Å². The fourth-order valence-corrected chi connectivity index (χ4v) is 8.58. The van der Waals surface area contributed by atoms with Crippen LogP contribution in [0.1, 0.15) is 11.1 Å². The lowest BCUT2D eigenvalue weighted by Gasteiger charge is -2.24. The molecule has 0 amide bonds. The third-order valence-corrected chi connectivity index (χ3v) is 10.7. The van der Waals surface area contributed by atoms with Gasteiger partial charge < -0.3 is 0 Å². The first-order valence-corrected chi connectivity index (χ1v) is 17.8. The Morgan fingerprint density at radius 2 is 0.627 bits per heavy atom. The fourth-order valence-electron chi connectivity index (χ4n) is 8.58. The number of benzene rings is 9. The molecule has 0 N–H and O–H groups in total. The highest BCUT2D eigenvalue weighted by molar-refractivity contribution is 6.24. The molecule has 1 aliphatic rings. The van der Waals surface area contributed by atoms with Crippen LogP contribution >= 0.6 is 0 Å². The number of hydrogen-bond acceptors (Lipinski definition) is 0. The molecule has 10 rings (SSSR count). The van der Waals surface area contributed by atoms with Crippen molar-refractivity contribution >= 4 is 21.5 Å². The van der Waals surface area contributed by atoms with Gasteiger partial charge in [-0.15, -0.1) is 0 Å². The van der Waals surface area contributed by atoms with Crippen LogP contribution in [0.3, 0.4) is 0 Å². The highest BCUT2D eigenvalue weighted by atomic mass is 14.3. The average Bonchev–Trinajstić information content (AvgIpc) is 3.60. The van der Waals surface area contributed by atoms with E-state index in [9.17, 15) is 0 Å². The monoisotopic (exact) mass is 646 g/mol. The van der Waals surface area contributed by atoms with Gasteiger partial charge in [0, 0.05) is 0 Å². The van der Waals surface area contributed by atoms with E-state index in [0.717, 1.165) is 6.42 Å². The summed E-state index contributed by atoms with van der Waals surface area (Å²) in [6.45, 7) is 0. The van der Waals surface area contributed by atoms with Crippen LogP contribution in [0, 0.1) is 0 Å². The highest BCUT2D eigenvalue weighted by Crippen LogP contribution is 2.52. The van der Waals surface area contributed by atoms with Crippen LogP contribution in [0.5, 0.6) is 0 Å². The van der Waals surface area contributed by atoms with E-state index in [1.165, 1.54) is 99.4 Å². The molecule has 51 heavy (non-hydrogen) atoms. The summed E-state index contributed by atoms with van der Waals surface area (Å²) < 4.78 is 0. The van der Waals surface area contributed by atoms with Crippen molar-refractivity contribution in [2.24, 2.45) is 0 Å². The Bertz CT molecular complexity index is 2700. The van der Waals surface area contributed by atoms with Crippen LogP contribution in [-0.4, -0.2) is 0 Å². The van der Waals surface area contributed by atoms with E-state index in [1.54, 1.807) is 0 Å². The summed E-state index contributed by atoms with van der Waals surface area (Å²) in [4.78, 5) is 0. The predicted molar refractivity (Wildman–Crippen MR) is 217 cm³/mol. The molecule has 0 nitrogen and oxygen atoms in total. The van der Waals surface area contributed by atoms with E-state index in [-0.39, 0.29) is 0 Å². The van der Waals surface area contributed by atoms with E-state index < -0.39 is 0 Å². The molecule has 0 unspecified atom stereocenters. The Hall–Kier alpha value is -6.50. The van der Waals surface area contributed by atoms with Crippen LogP contribution in [0.25, 0.3) is 88.3 Å². The second-order valence-corrected chi connectivity index (χ2v) is 13.5. The molecule has 0 aliphatic heterocycles. The molecule has 9 aromatic rings. The molecule has 0 atom stereocenters. The first-order chi connectivity index (χ1) is 25.3. The minimum Gasteiger partial charge on any atom is -0.0622 e. The van der Waals surface area contributed by atoms with E-state index in [0.29, 0.717) is 0 Å². The summed E-state index contributed by atoms with van der Waals surface area (Å²) in [5, 5.41) is 5.03. The van der Waals surface area contributed by atoms with Crippen molar-refractivity contribution in [3.8, 4) is 66.8 Å². The van der Waals surface area contributed by atoms with Gasteiger partial charge in [-0.3, -0.25) is 0 Å². The average molecular weight is 647 g/mol. The molecule has 0 bridgehead atoms. The zero-order chi connectivity index (χ0) is 33.7. The van der Waals surface area contributed by atoms with E-state index >= 15 is 0 Å². The molecular formula is C51H34. The van der Waals surface area contributed by atoms with Gasteiger partial charge in [0.1, 0.15) is 0 Å². The molecule has 0 spiro atoms. The van der Waals surface area contributed by atoms with Gasteiger partial charge in [0.15, 0.2) is 0 Å². The SMILES string of the molecule is c1ccc(-c2ccccc2-c2c3ccccc3c(-c3c(-c4ccccc4)cccc3-c3cccc4c3-c3ccccc3C4)c3ccccc23)cc1. The van der Waals surface area contributed by atoms with E-state index in [2.05, 4.69) is 194 Å². The van der Waals surface area contributed by atoms with Crippen LogP contribution < -0.4 is 0 Å².